The molecule has 0 aliphatic heterocycles. The first-order valence-corrected chi connectivity index (χ1v) is 10.0. The minimum absolute atomic E-state index is 0.0297. The van der Waals surface area contributed by atoms with Gasteiger partial charge in [0.2, 0.25) is 0 Å². The molecule has 26 heavy (non-hydrogen) atoms. The zero-order valence-corrected chi connectivity index (χ0v) is 15.7. The summed E-state index contributed by atoms with van der Waals surface area (Å²) in [5, 5.41) is 10.9. The van der Waals surface area contributed by atoms with E-state index in [4.69, 9.17) is 11.6 Å². The van der Waals surface area contributed by atoms with Crippen molar-refractivity contribution in [1.82, 2.24) is 4.57 Å². The molecule has 0 unspecified atom stereocenters. The minimum atomic E-state index is -4.04. The maximum Gasteiger partial charge on any atom is 0.308 e. The average Bonchev–Trinajstić information content (AvgIpc) is 2.90. The fourth-order valence-corrected chi connectivity index (χ4v) is 4.81. The largest absolute Gasteiger partial charge is 0.308 e. The number of aryl methyl sites for hydroxylation is 1. The van der Waals surface area contributed by atoms with Crippen molar-refractivity contribution in [3.05, 3.63) is 61.2 Å². The van der Waals surface area contributed by atoms with E-state index >= 15 is 0 Å². The maximum atomic E-state index is 12.6. The number of sulfonamides is 1. The highest BCUT2D eigenvalue weighted by atomic mass is 35.5. The molecule has 11 heteroatoms. The van der Waals surface area contributed by atoms with Crippen LogP contribution in [0.3, 0.4) is 0 Å². The SMILES string of the molecule is CCn1c(=O)sc2cc(S(=O)(=O)Nc3cc([N+](=O)[O-])ccc3Cl)ccc21. The highest BCUT2D eigenvalue weighted by Gasteiger charge is 2.19. The van der Waals surface area contributed by atoms with E-state index in [0.717, 1.165) is 17.4 Å². The van der Waals surface area contributed by atoms with E-state index in [0.29, 0.717) is 16.8 Å². The molecule has 0 amide bonds. The zero-order chi connectivity index (χ0) is 19.1. The maximum absolute atomic E-state index is 12.6. The Kier molecular flexibility index (Phi) is 4.74. The van der Waals surface area contributed by atoms with E-state index < -0.39 is 14.9 Å². The summed E-state index contributed by atoms with van der Waals surface area (Å²) in [6.45, 7) is 2.30. The van der Waals surface area contributed by atoms with Crippen molar-refractivity contribution in [2.75, 3.05) is 4.72 Å². The number of benzene rings is 2. The molecule has 2 aromatic carbocycles. The molecular weight excluding hydrogens is 402 g/mol. The van der Waals surface area contributed by atoms with Crippen molar-refractivity contribution in [1.29, 1.82) is 0 Å². The number of nitrogens with one attached hydrogen (secondary N) is 1. The monoisotopic (exact) mass is 413 g/mol. The number of nitrogens with zero attached hydrogens (tertiary/aromatic N) is 2. The van der Waals surface area contributed by atoms with Gasteiger partial charge >= 0.3 is 4.87 Å². The van der Waals surface area contributed by atoms with E-state index in [1.54, 1.807) is 10.6 Å². The van der Waals surface area contributed by atoms with Crippen LogP contribution in [0, 0.1) is 10.1 Å². The normalized spacial score (nSPS) is 11.6. The summed E-state index contributed by atoms with van der Waals surface area (Å²) >= 11 is 6.89. The second-order valence-corrected chi connectivity index (χ2v) is 8.35. The number of thiazole rings is 1. The fourth-order valence-electron chi connectivity index (χ4n) is 2.42. The predicted molar refractivity (Wildman–Crippen MR) is 101 cm³/mol. The fraction of sp³-hybridized carbons (Fsp3) is 0.133. The van der Waals surface area contributed by atoms with E-state index in [2.05, 4.69) is 4.72 Å². The first-order chi connectivity index (χ1) is 12.2. The smallest absolute Gasteiger partial charge is 0.299 e. The van der Waals surface area contributed by atoms with Gasteiger partial charge < -0.3 is 0 Å². The molecule has 1 heterocycles. The van der Waals surface area contributed by atoms with Crippen LogP contribution >= 0.6 is 22.9 Å². The van der Waals surface area contributed by atoms with E-state index in [9.17, 15) is 23.3 Å². The van der Waals surface area contributed by atoms with Crippen LogP contribution in [0.15, 0.2) is 46.1 Å². The van der Waals surface area contributed by atoms with Crippen LogP contribution in [0.2, 0.25) is 5.02 Å². The number of hydrogen-bond acceptors (Lipinski definition) is 6. The van der Waals surface area contributed by atoms with Crippen molar-refractivity contribution in [3.63, 3.8) is 0 Å². The highest BCUT2D eigenvalue weighted by Crippen LogP contribution is 2.29. The molecule has 136 valence electrons. The van der Waals surface area contributed by atoms with Gasteiger partial charge in [-0.05, 0) is 31.2 Å². The van der Waals surface area contributed by atoms with Gasteiger partial charge in [0.15, 0.2) is 0 Å². The summed E-state index contributed by atoms with van der Waals surface area (Å²) < 4.78 is 29.6. The van der Waals surface area contributed by atoms with Gasteiger partial charge in [0.25, 0.3) is 15.7 Å². The number of non-ortho nitro benzene ring substituents is 1. The summed E-state index contributed by atoms with van der Waals surface area (Å²) in [5.74, 6) is 0. The van der Waals surface area contributed by atoms with E-state index in [-0.39, 0.29) is 26.2 Å². The Morgan fingerprint density at radius 3 is 2.65 bits per heavy atom. The predicted octanol–water partition coefficient (Wildman–Crippen LogP) is 3.45. The van der Waals surface area contributed by atoms with Crippen LogP contribution in [0.4, 0.5) is 11.4 Å². The van der Waals surface area contributed by atoms with Crippen molar-refractivity contribution in [2.45, 2.75) is 18.4 Å². The number of nitro groups is 1. The molecule has 0 saturated heterocycles. The van der Waals surface area contributed by atoms with Crippen molar-refractivity contribution in [2.24, 2.45) is 0 Å². The average molecular weight is 414 g/mol. The molecule has 1 N–H and O–H groups in total. The zero-order valence-electron chi connectivity index (χ0n) is 13.3. The second kappa shape index (κ2) is 6.71. The van der Waals surface area contributed by atoms with Gasteiger partial charge in [-0.15, -0.1) is 0 Å². The molecule has 0 fully saturated rings. The number of anilines is 1. The van der Waals surface area contributed by atoms with Gasteiger partial charge in [0.05, 0.1) is 30.7 Å². The molecule has 3 aromatic rings. The van der Waals surface area contributed by atoms with Gasteiger partial charge in [-0.25, -0.2) is 8.42 Å². The summed E-state index contributed by atoms with van der Waals surface area (Å²) in [7, 11) is -4.04. The molecule has 0 bridgehead atoms. The van der Waals surface area contributed by atoms with Gasteiger partial charge in [-0.3, -0.25) is 24.2 Å². The third-order valence-corrected chi connectivity index (χ3v) is 6.31. The Morgan fingerprint density at radius 1 is 1.27 bits per heavy atom. The molecule has 1 aromatic heterocycles. The van der Waals surface area contributed by atoms with E-state index in [1.165, 1.54) is 24.3 Å². The number of hydrogen-bond donors (Lipinski definition) is 1. The Morgan fingerprint density at radius 2 is 2.00 bits per heavy atom. The van der Waals surface area contributed by atoms with Gasteiger partial charge in [0.1, 0.15) is 0 Å². The lowest BCUT2D eigenvalue weighted by Gasteiger charge is -2.10. The van der Waals surface area contributed by atoms with Crippen LogP contribution in [0.5, 0.6) is 0 Å². The van der Waals surface area contributed by atoms with Crippen LogP contribution < -0.4 is 9.60 Å². The lowest BCUT2D eigenvalue weighted by molar-refractivity contribution is -0.384. The molecule has 0 aliphatic rings. The summed E-state index contributed by atoms with van der Waals surface area (Å²) in [4.78, 5) is 21.9. The molecule has 8 nitrogen and oxygen atoms in total. The Balaban J connectivity index is 2.03. The first kappa shape index (κ1) is 18.4. The quantitative estimate of drug-likeness (QED) is 0.508. The molecule has 0 radical (unpaired) electrons. The van der Waals surface area contributed by atoms with Crippen molar-refractivity contribution in [3.8, 4) is 0 Å². The van der Waals surface area contributed by atoms with Gasteiger partial charge in [-0.1, -0.05) is 22.9 Å². The summed E-state index contributed by atoms with van der Waals surface area (Å²) in [5.41, 5.74) is 0.260. The number of halogens is 1. The van der Waals surface area contributed by atoms with Crippen LogP contribution in [-0.4, -0.2) is 17.9 Å². The van der Waals surface area contributed by atoms with Gasteiger partial charge in [0, 0.05) is 18.7 Å². The van der Waals surface area contributed by atoms with Crippen LogP contribution in [0.25, 0.3) is 10.2 Å². The lowest BCUT2D eigenvalue weighted by atomic mass is 10.3. The number of aromatic nitrogens is 1. The molecule has 0 spiro atoms. The molecule has 3 rings (SSSR count). The van der Waals surface area contributed by atoms with Crippen molar-refractivity contribution < 1.29 is 13.3 Å². The van der Waals surface area contributed by atoms with Crippen LogP contribution in [-0.2, 0) is 16.6 Å². The molecule has 0 saturated carbocycles. The lowest BCUT2D eigenvalue weighted by Crippen LogP contribution is -2.13. The van der Waals surface area contributed by atoms with Gasteiger partial charge in [-0.2, -0.15) is 0 Å². The summed E-state index contributed by atoms with van der Waals surface area (Å²) in [6.07, 6.45) is 0. The van der Waals surface area contributed by atoms with Crippen LogP contribution in [0.1, 0.15) is 6.92 Å². The highest BCUT2D eigenvalue weighted by molar-refractivity contribution is 7.92. The Hall–Kier alpha value is -2.43. The second-order valence-electron chi connectivity index (χ2n) is 5.27. The van der Waals surface area contributed by atoms with E-state index in [1.807, 2.05) is 6.92 Å². The first-order valence-electron chi connectivity index (χ1n) is 7.33. The molecule has 0 atom stereocenters. The number of rotatable bonds is 5. The minimum Gasteiger partial charge on any atom is -0.299 e. The molecular formula is C15H12ClN3O5S2. The summed E-state index contributed by atoms with van der Waals surface area (Å²) in [6, 6.07) is 7.78. The Bertz CT molecular complexity index is 1180. The standard InChI is InChI=1S/C15H12ClN3O5S2/c1-2-18-13-6-4-10(8-14(13)25-15(18)20)26(23,24)17-12-7-9(19(21)22)3-5-11(12)16/h3-8,17H,2H2,1H3. The number of nitro benzene ring substituents is 1. The third-order valence-electron chi connectivity index (χ3n) is 3.67. The van der Waals surface area contributed by atoms with Crippen molar-refractivity contribution >= 4 is 54.6 Å². The molecule has 0 aliphatic carbocycles. The Labute approximate surface area is 156 Å². The topological polar surface area (TPSA) is 111 Å². The number of fused-ring (bicyclic) bond motifs is 1. The third kappa shape index (κ3) is 3.30.